The molecule has 0 amide bonds. The van der Waals surface area contributed by atoms with Crippen molar-refractivity contribution in [2.45, 2.75) is 6.42 Å². The summed E-state index contributed by atoms with van der Waals surface area (Å²) in [6, 6.07) is 0. The van der Waals surface area contributed by atoms with Crippen LogP contribution in [0.2, 0.25) is 0 Å². The monoisotopic (exact) mass is 94.1 g/mol. The first-order valence-corrected chi connectivity index (χ1v) is 2.40. The third-order valence-electron chi connectivity index (χ3n) is 0.978. The molecule has 0 aromatic carbocycles. The van der Waals surface area contributed by atoms with Crippen LogP contribution in [0, 0.1) is 6.92 Å². The highest BCUT2D eigenvalue weighted by Gasteiger charge is 1.89. The summed E-state index contributed by atoms with van der Waals surface area (Å²) in [5.41, 5.74) is 1.19. The van der Waals surface area contributed by atoms with Crippen LogP contribution in [0.3, 0.4) is 0 Å². The Morgan fingerprint density at radius 2 is 2.57 bits per heavy atom. The Morgan fingerprint density at radius 3 is 2.86 bits per heavy atom. The highest BCUT2D eigenvalue weighted by molar-refractivity contribution is 5.73. The second-order valence-corrected chi connectivity index (χ2v) is 1.63. The SMILES string of the molecule is [CH2]C1=CC=NCC1. The van der Waals surface area contributed by atoms with E-state index in [2.05, 4.69) is 11.9 Å². The fourth-order valence-corrected chi connectivity index (χ4v) is 0.524. The minimum absolute atomic E-state index is 0.926. The topological polar surface area (TPSA) is 12.4 Å². The Kier molecular flexibility index (Phi) is 1.25. The third kappa shape index (κ3) is 1.15. The molecule has 0 aromatic rings. The first-order valence-electron chi connectivity index (χ1n) is 2.40. The quantitative estimate of drug-likeness (QED) is 0.428. The van der Waals surface area contributed by atoms with E-state index in [1.165, 1.54) is 5.57 Å². The second kappa shape index (κ2) is 1.92. The van der Waals surface area contributed by atoms with E-state index in [-0.39, 0.29) is 0 Å². The summed E-state index contributed by atoms with van der Waals surface area (Å²) >= 11 is 0. The summed E-state index contributed by atoms with van der Waals surface area (Å²) < 4.78 is 0. The number of hydrogen-bond acceptors (Lipinski definition) is 1. The number of allylic oxidation sites excluding steroid dienone is 1. The fraction of sp³-hybridized carbons (Fsp3) is 0.333. The van der Waals surface area contributed by atoms with Gasteiger partial charge in [-0.1, -0.05) is 5.57 Å². The lowest BCUT2D eigenvalue weighted by Gasteiger charge is -1.98. The van der Waals surface area contributed by atoms with Gasteiger partial charge >= 0.3 is 0 Å². The van der Waals surface area contributed by atoms with Gasteiger partial charge in [0.15, 0.2) is 0 Å². The predicted molar refractivity (Wildman–Crippen MR) is 31.4 cm³/mol. The van der Waals surface area contributed by atoms with Crippen molar-refractivity contribution < 1.29 is 0 Å². The lowest BCUT2D eigenvalue weighted by atomic mass is 10.2. The van der Waals surface area contributed by atoms with Crippen molar-refractivity contribution in [3.8, 4) is 0 Å². The summed E-state index contributed by atoms with van der Waals surface area (Å²) in [5, 5.41) is 0. The van der Waals surface area contributed by atoms with E-state index in [0.717, 1.165) is 13.0 Å². The zero-order chi connectivity index (χ0) is 5.11. The average molecular weight is 94.1 g/mol. The summed E-state index contributed by atoms with van der Waals surface area (Å²) in [6.45, 7) is 4.69. The van der Waals surface area contributed by atoms with Crippen LogP contribution in [0.5, 0.6) is 0 Å². The van der Waals surface area contributed by atoms with Crippen molar-refractivity contribution in [1.29, 1.82) is 0 Å². The van der Waals surface area contributed by atoms with Crippen molar-refractivity contribution in [2.24, 2.45) is 4.99 Å². The van der Waals surface area contributed by atoms with E-state index in [9.17, 15) is 0 Å². The van der Waals surface area contributed by atoms with Crippen molar-refractivity contribution in [3.05, 3.63) is 18.6 Å². The molecule has 1 aliphatic heterocycles. The summed E-state index contributed by atoms with van der Waals surface area (Å²) in [6.07, 6.45) is 4.80. The molecule has 1 heterocycles. The third-order valence-corrected chi connectivity index (χ3v) is 0.978. The number of rotatable bonds is 0. The minimum atomic E-state index is 0.926. The Hall–Kier alpha value is -0.590. The Bertz CT molecular complexity index is 111. The fourth-order valence-electron chi connectivity index (χ4n) is 0.524. The number of aliphatic imine (C=N–C) groups is 1. The first-order chi connectivity index (χ1) is 3.39. The lowest BCUT2D eigenvalue weighted by molar-refractivity contribution is 0.965. The van der Waals surface area contributed by atoms with Crippen LogP contribution in [0.4, 0.5) is 0 Å². The Labute approximate surface area is 43.8 Å². The molecule has 37 valence electrons. The minimum Gasteiger partial charge on any atom is -0.293 e. The van der Waals surface area contributed by atoms with Crippen molar-refractivity contribution in [1.82, 2.24) is 0 Å². The van der Waals surface area contributed by atoms with Gasteiger partial charge in [-0.3, -0.25) is 4.99 Å². The molecule has 1 rings (SSSR count). The van der Waals surface area contributed by atoms with Gasteiger partial charge in [0, 0.05) is 12.8 Å². The summed E-state index contributed by atoms with van der Waals surface area (Å²) in [7, 11) is 0. The maximum atomic E-state index is 3.99. The van der Waals surface area contributed by atoms with Gasteiger partial charge in [-0.15, -0.1) is 0 Å². The summed E-state index contributed by atoms with van der Waals surface area (Å²) in [5.74, 6) is 0. The molecule has 0 N–H and O–H groups in total. The molecule has 0 unspecified atom stereocenters. The second-order valence-electron chi connectivity index (χ2n) is 1.63. The molecule has 1 nitrogen and oxygen atoms in total. The zero-order valence-electron chi connectivity index (χ0n) is 4.22. The number of dihydropyridines is 1. The average Bonchev–Trinajstić information content (AvgIpc) is 1.69. The van der Waals surface area contributed by atoms with Gasteiger partial charge in [-0.05, 0) is 19.4 Å². The molecule has 0 saturated heterocycles. The van der Waals surface area contributed by atoms with E-state index < -0.39 is 0 Å². The number of hydrogen-bond donors (Lipinski definition) is 0. The standard InChI is InChI=1S/C6H8N/c1-6-2-4-7-5-3-6/h2,4H,1,3,5H2. The van der Waals surface area contributed by atoms with Gasteiger partial charge in [0.1, 0.15) is 0 Å². The van der Waals surface area contributed by atoms with E-state index in [1.807, 2.05) is 12.3 Å². The highest BCUT2D eigenvalue weighted by Crippen LogP contribution is 2.00. The zero-order valence-corrected chi connectivity index (χ0v) is 4.22. The van der Waals surface area contributed by atoms with Gasteiger partial charge in [0.25, 0.3) is 0 Å². The van der Waals surface area contributed by atoms with Gasteiger partial charge in [-0.2, -0.15) is 0 Å². The van der Waals surface area contributed by atoms with Crippen LogP contribution >= 0.6 is 0 Å². The van der Waals surface area contributed by atoms with E-state index in [1.54, 1.807) is 0 Å². The van der Waals surface area contributed by atoms with Gasteiger partial charge in [0.05, 0.1) is 0 Å². The molecule has 0 fully saturated rings. The molecule has 1 heteroatoms. The molecule has 0 spiro atoms. The van der Waals surface area contributed by atoms with Crippen molar-refractivity contribution in [3.63, 3.8) is 0 Å². The molecule has 0 bridgehead atoms. The van der Waals surface area contributed by atoms with Crippen LogP contribution in [-0.2, 0) is 0 Å². The molecular weight excluding hydrogens is 86.1 g/mol. The normalized spacial score (nSPS) is 19.3. The maximum Gasteiger partial charge on any atom is 0.0426 e. The smallest absolute Gasteiger partial charge is 0.0426 e. The molecule has 0 atom stereocenters. The Balaban J connectivity index is 2.57. The van der Waals surface area contributed by atoms with E-state index in [0.29, 0.717) is 0 Å². The Morgan fingerprint density at radius 1 is 1.71 bits per heavy atom. The molecule has 7 heavy (non-hydrogen) atoms. The molecule has 0 aliphatic carbocycles. The van der Waals surface area contributed by atoms with Gasteiger partial charge < -0.3 is 0 Å². The lowest BCUT2D eigenvalue weighted by Crippen LogP contribution is -1.89. The molecular formula is C6H8N. The van der Waals surface area contributed by atoms with E-state index >= 15 is 0 Å². The van der Waals surface area contributed by atoms with Crippen LogP contribution < -0.4 is 0 Å². The van der Waals surface area contributed by atoms with E-state index in [4.69, 9.17) is 0 Å². The molecule has 0 aromatic heterocycles. The largest absolute Gasteiger partial charge is 0.293 e. The van der Waals surface area contributed by atoms with Crippen LogP contribution in [-0.4, -0.2) is 12.8 Å². The van der Waals surface area contributed by atoms with Crippen LogP contribution in [0.25, 0.3) is 0 Å². The predicted octanol–water partition coefficient (Wildman–Crippen LogP) is 1.22. The molecule has 1 aliphatic rings. The van der Waals surface area contributed by atoms with Crippen LogP contribution in [0.15, 0.2) is 16.6 Å². The molecule has 1 radical (unpaired) electrons. The first kappa shape index (κ1) is 4.57. The number of nitrogens with zero attached hydrogens (tertiary/aromatic N) is 1. The molecule has 0 saturated carbocycles. The van der Waals surface area contributed by atoms with Gasteiger partial charge in [0.2, 0.25) is 0 Å². The van der Waals surface area contributed by atoms with Gasteiger partial charge in [-0.25, -0.2) is 0 Å². The van der Waals surface area contributed by atoms with Crippen molar-refractivity contribution >= 4 is 6.21 Å². The van der Waals surface area contributed by atoms with Crippen LogP contribution in [0.1, 0.15) is 6.42 Å². The highest BCUT2D eigenvalue weighted by atomic mass is 14.7. The van der Waals surface area contributed by atoms with Crippen molar-refractivity contribution in [2.75, 3.05) is 6.54 Å². The maximum absolute atomic E-state index is 3.99. The summed E-state index contributed by atoms with van der Waals surface area (Å²) in [4.78, 5) is 3.99.